The molecule has 0 aliphatic carbocycles. The van der Waals surface area contributed by atoms with Gasteiger partial charge < -0.3 is 15.4 Å². The molecule has 3 heterocycles. The minimum atomic E-state index is -0.535. The standard InChI is InChI=1S/C25H23Cl2FN6O2/c1-2-36-24(35)14-9-11-33(12-10-14)25-30-21(15-7-8-18(28)17(27)13-15)20-22(29)34(32-23(20)31-25)19-6-4-3-5-16(19)26/h3-8,13-14H,2,9-12,29H2,1H3. The van der Waals surface area contributed by atoms with Gasteiger partial charge in [-0.25, -0.2) is 14.1 Å². The molecule has 2 aromatic carbocycles. The Morgan fingerprint density at radius 2 is 1.89 bits per heavy atom. The van der Waals surface area contributed by atoms with Crippen LogP contribution in [0.25, 0.3) is 28.0 Å². The Morgan fingerprint density at radius 3 is 2.58 bits per heavy atom. The van der Waals surface area contributed by atoms with E-state index in [4.69, 9.17) is 43.6 Å². The highest BCUT2D eigenvalue weighted by Gasteiger charge is 2.29. The molecule has 1 aliphatic rings. The van der Waals surface area contributed by atoms with Crippen molar-refractivity contribution in [3.63, 3.8) is 0 Å². The number of aromatic nitrogens is 4. The first-order valence-corrected chi connectivity index (χ1v) is 12.3. The molecule has 5 rings (SSSR count). The summed E-state index contributed by atoms with van der Waals surface area (Å²) in [5, 5.41) is 5.58. The zero-order valence-corrected chi connectivity index (χ0v) is 20.9. The smallest absolute Gasteiger partial charge is 0.309 e. The molecule has 186 valence electrons. The number of para-hydroxylation sites is 1. The molecule has 8 nitrogen and oxygen atoms in total. The van der Waals surface area contributed by atoms with Crippen LogP contribution in [0.15, 0.2) is 42.5 Å². The number of nitrogens with zero attached hydrogens (tertiary/aromatic N) is 5. The summed E-state index contributed by atoms with van der Waals surface area (Å²) in [6, 6.07) is 11.6. The molecule has 1 fully saturated rings. The van der Waals surface area contributed by atoms with Gasteiger partial charge in [-0.3, -0.25) is 4.79 Å². The molecule has 36 heavy (non-hydrogen) atoms. The molecule has 0 unspecified atom stereocenters. The molecule has 4 aromatic rings. The molecule has 2 aromatic heterocycles. The number of esters is 1. The number of piperidine rings is 1. The molecule has 0 saturated carbocycles. The van der Waals surface area contributed by atoms with Crippen LogP contribution in [0.4, 0.5) is 16.2 Å². The molecule has 0 atom stereocenters. The van der Waals surface area contributed by atoms with E-state index >= 15 is 0 Å². The lowest BCUT2D eigenvalue weighted by Gasteiger charge is -2.31. The van der Waals surface area contributed by atoms with Crippen LogP contribution in [0.3, 0.4) is 0 Å². The van der Waals surface area contributed by atoms with E-state index < -0.39 is 5.82 Å². The van der Waals surface area contributed by atoms with Gasteiger partial charge in [0.25, 0.3) is 0 Å². The normalized spacial score (nSPS) is 14.4. The summed E-state index contributed by atoms with van der Waals surface area (Å²) < 4.78 is 20.6. The number of ether oxygens (including phenoxy) is 1. The first-order valence-electron chi connectivity index (χ1n) is 11.6. The summed E-state index contributed by atoms with van der Waals surface area (Å²) in [6.45, 7) is 3.29. The lowest BCUT2D eigenvalue weighted by molar-refractivity contribution is -0.148. The summed E-state index contributed by atoms with van der Waals surface area (Å²) in [5.74, 6) is -0.145. The fourth-order valence-corrected chi connectivity index (χ4v) is 4.77. The topological polar surface area (TPSA) is 99.2 Å². The van der Waals surface area contributed by atoms with Gasteiger partial charge in [-0.05, 0) is 50.1 Å². The van der Waals surface area contributed by atoms with Gasteiger partial charge in [0, 0.05) is 18.7 Å². The number of hydrogen-bond donors (Lipinski definition) is 1. The first-order chi connectivity index (χ1) is 17.4. The van der Waals surface area contributed by atoms with E-state index in [1.54, 1.807) is 25.1 Å². The third kappa shape index (κ3) is 4.44. The van der Waals surface area contributed by atoms with Gasteiger partial charge in [0.2, 0.25) is 5.95 Å². The predicted molar refractivity (Wildman–Crippen MR) is 138 cm³/mol. The van der Waals surface area contributed by atoms with Crippen LogP contribution in [0.1, 0.15) is 19.8 Å². The van der Waals surface area contributed by atoms with Crippen LogP contribution in [0.5, 0.6) is 0 Å². The van der Waals surface area contributed by atoms with E-state index in [2.05, 4.69) is 5.10 Å². The van der Waals surface area contributed by atoms with Crippen molar-refractivity contribution in [1.29, 1.82) is 0 Å². The van der Waals surface area contributed by atoms with Crippen molar-refractivity contribution >= 4 is 52.0 Å². The van der Waals surface area contributed by atoms with Gasteiger partial charge >= 0.3 is 5.97 Å². The molecule has 2 N–H and O–H groups in total. The average molecular weight is 529 g/mol. The molecular formula is C25H23Cl2FN6O2. The second kappa shape index (κ2) is 9.91. The minimum absolute atomic E-state index is 0.0341. The Balaban J connectivity index is 1.62. The number of halogens is 3. The van der Waals surface area contributed by atoms with Gasteiger partial charge in [-0.2, -0.15) is 4.98 Å². The predicted octanol–water partition coefficient (Wildman–Crippen LogP) is 5.29. The fourth-order valence-electron chi connectivity index (χ4n) is 4.38. The molecule has 0 radical (unpaired) electrons. The number of hydrogen-bond acceptors (Lipinski definition) is 7. The van der Waals surface area contributed by atoms with E-state index in [-0.39, 0.29) is 16.9 Å². The lowest BCUT2D eigenvalue weighted by atomic mass is 9.97. The highest BCUT2D eigenvalue weighted by molar-refractivity contribution is 6.32. The number of carbonyl (C=O) groups excluding carboxylic acids is 1. The highest BCUT2D eigenvalue weighted by Crippen LogP contribution is 2.36. The number of anilines is 2. The first kappa shape index (κ1) is 24.3. The molecule has 1 aliphatic heterocycles. The van der Waals surface area contributed by atoms with E-state index in [0.29, 0.717) is 77.3 Å². The van der Waals surface area contributed by atoms with Gasteiger partial charge in [-0.15, -0.1) is 5.10 Å². The second-order valence-electron chi connectivity index (χ2n) is 8.46. The van der Waals surface area contributed by atoms with Gasteiger partial charge in [0.15, 0.2) is 5.65 Å². The maximum atomic E-state index is 13.9. The van der Waals surface area contributed by atoms with Crippen LogP contribution < -0.4 is 10.6 Å². The van der Waals surface area contributed by atoms with Crippen molar-refractivity contribution in [2.24, 2.45) is 5.92 Å². The molecule has 0 bridgehead atoms. The zero-order chi connectivity index (χ0) is 25.4. The second-order valence-corrected chi connectivity index (χ2v) is 9.28. The Labute approximate surface area is 216 Å². The van der Waals surface area contributed by atoms with Crippen molar-refractivity contribution in [2.45, 2.75) is 19.8 Å². The summed E-state index contributed by atoms with van der Waals surface area (Å²) in [6.07, 6.45) is 1.24. The van der Waals surface area contributed by atoms with E-state index in [1.807, 2.05) is 17.0 Å². The Kier molecular flexibility index (Phi) is 6.68. The number of carbonyl (C=O) groups is 1. The SMILES string of the molecule is CCOC(=O)C1CCN(c2nc(-c3ccc(F)c(Cl)c3)c3c(N)n(-c4ccccc4Cl)nc3n2)CC1. The van der Waals surface area contributed by atoms with E-state index in [9.17, 15) is 9.18 Å². The van der Waals surface area contributed by atoms with Crippen molar-refractivity contribution in [2.75, 3.05) is 30.3 Å². The number of benzene rings is 2. The van der Waals surface area contributed by atoms with Crippen LogP contribution >= 0.6 is 23.2 Å². The zero-order valence-electron chi connectivity index (χ0n) is 19.4. The quantitative estimate of drug-likeness (QED) is 0.351. The number of rotatable bonds is 5. The number of nitrogen functional groups attached to an aromatic ring is 1. The van der Waals surface area contributed by atoms with Crippen molar-refractivity contribution in [3.8, 4) is 16.9 Å². The molecule has 0 spiro atoms. The van der Waals surface area contributed by atoms with Crippen LogP contribution in [-0.2, 0) is 9.53 Å². The van der Waals surface area contributed by atoms with Crippen molar-refractivity contribution in [3.05, 3.63) is 58.3 Å². The summed E-state index contributed by atoms with van der Waals surface area (Å²) >= 11 is 12.5. The molecule has 0 amide bonds. The van der Waals surface area contributed by atoms with Gasteiger partial charge in [0.1, 0.15) is 11.6 Å². The van der Waals surface area contributed by atoms with Crippen LogP contribution in [0, 0.1) is 11.7 Å². The lowest BCUT2D eigenvalue weighted by Crippen LogP contribution is -2.38. The van der Waals surface area contributed by atoms with Crippen LogP contribution in [-0.4, -0.2) is 45.4 Å². The molecular weight excluding hydrogens is 506 g/mol. The van der Waals surface area contributed by atoms with E-state index in [1.165, 1.54) is 16.8 Å². The van der Waals surface area contributed by atoms with Crippen molar-refractivity contribution < 1.29 is 13.9 Å². The monoisotopic (exact) mass is 528 g/mol. The summed E-state index contributed by atoms with van der Waals surface area (Å²) in [7, 11) is 0. The third-order valence-electron chi connectivity index (χ3n) is 6.23. The third-order valence-corrected chi connectivity index (χ3v) is 6.84. The van der Waals surface area contributed by atoms with Crippen LogP contribution in [0.2, 0.25) is 10.0 Å². The largest absolute Gasteiger partial charge is 0.466 e. The molecule has 1 saturated heterocycles. The maximum Gasteiger partial charge on any atom is 0.309 e. The van der Waals surface area contributed by atoms with Crippen molar-refractivity contribution in [1.82, 2.24) is 19.7 Å². The maximum absolute atomic E-state index is 13.9. The van der Waals surface area contributed by atoms with Gasteiger partial charge in [-0.1, -0.05) is 35.3 Å². The fraction of sp³-hybridized carbons (Fsp3) is 0.280. The van der Waals surface area contributed by atoms with Gasteiger partial charge in [0.05, 0.1) is 39.3 Å². The number of nitrogens with two attached hydrogens (primary N) is 1. The Hall–Kier alpha value is -3.43. The van der Waals surface area contributed by atoms with E-state index in [0.717, 1.165) is 0 Å². The highest BCUT2D eigenvalue weighted by atomic mass is 35.5. The molecule has 11 heteroatoms. The summed E-state index contributed by atoms with van der Waals surface area (Å²) in [4.78, 5) is 23.7. The number of fused-ring (bicyclic) bond motifs is 1. The minimum Gasteiger partial charge on any atom is -0.466 e. The average Bonchev–Trinajstić information content (AvgIpc) is 3.21. The Bertz CT molecular complexity index is 1450. The Morgan fingerprint density at radius 1 is 1.14 bits per heavy atom. The summed E-state index contributed by atoms with van der Waals surface area (Å²) in [5.41, 5.74) is 8.54.